The Bertz CT molecular complexity index is 717. The van der Waals surface area contributed by atoms with Crippen LogP contribution in [0.2, 0.25) is 0 Å². The molecule has 1 aromatic heterocycles. The van der Waals surface area contributed by atoms with Crippen LogP contribution in [-0.4, -0.2) is 57.5 Å². The lowest BCUT2D eigenvalue weighted by molar-refractivity contribution is -0.140. The number of aromatic nitrogens is 2. The minimum Gasteiger partial charge on any atom is -0.481 e. The fourth-order valence-corrected chi connectivity index (χ4v) is 3.34. The first-order valence-corrected chi connectivity index (χ1v) is 8.19. The molecule has 2 heterocycles. The molecule has 1 fully saturated rings. The van der Waals surface area contributed by atoms with Gasteiger partial charge < -0.3 is 14.7 Å². The van der Waals surface area contributed by atoms with Crippen molar-refractivity contribution in [3.63, 3.8) is 0 Å². The Labute approximate surface area is 145 Å². The van der Waals surface area contributed by atoms with E-state index in [1.807, 2.05) is 30.3 Å². The van der Waals surface area contributed by atoms with Crippen molar-refractivity contribution in [1.29, 1.82) is 0 Å². The van der Waals surface area contributed by atoms with E-state index in [0.717, 1.165) is 5.56 Å². The number of ether oxygens (including phenoxy) is 1. The number of nitrogens with zero attached hydrogens (tertiary/aromatic N) is 3. The normalized spacial score (nSPS) is 21.2. The highest BCUT2D eigenvalue weighted by Gasteiger charge is 2.40. The molecule has 25 heavy (non-hydrogen) atoms. The average Bonchev–Trinajstić information content (AvgIpc) is 3.25. The number of carbonyl (C=O) groups excluding carboxylic acids is 1. The van der Waals surface area contributed by atoms with Crippen molar-refractivity contribution in [3.8, 4) is 0 Å². The van der Waals surface area contributed by atoms with Crippen molar-refractivity contribution in [3.05, 3.63) is 54.4 Å². The quantitative estimate of drug-likeness (QED) is 0.860. The second-order valence-corrected chi connectivity index (χ2v) is 6.13. The monoisotopic (exact) mass is 343 g/mol. The van der Waals surface area contributed by atoms with Crippen LogP contribution in [-0.2, 0) is 14.3 Å². The van der Waals surface area contributed by atoms with E-state index in [2.05, 4.69) is 5.10 Å². The fraction of sp³-hybridized carbons (Fsp3) is 0.389. The number of carbonyl (C=O) groups is 2. The van der Waals surface area contributed by atoms with Crippen LogP contribution in [0.1, 0.15) is 24.4 Å². The minimum absolute atomic E-state index is 0.0911. The zero-order valence-corrected chi connectivity index (χ0v) is 14.0. The highest BCUT2D eigenvalue weighted by molar-refractivity contribution is 5.84. The summed E-state index contributed by atoms with van der Waals surface area (Å²) in [7, 11) is 1.58. The van der Waals surface area contributed by atoms with Gasteiger partial charge in [-0.3, -0.25) is 14.3 Å². The molecule has 1 N–H and O–H groups in total. The molecule has 132 valence electrons. The van der Waals surface area contributed by atoms with E-state index in [1.165, 1.54) is 0 Å². The molecule has 7 nitrogen and oxygen atoms in total. The van der Waals surface area contributed by atoms with Crippen molar-refractivity contribution in [2.24, 2.45) is 0 Å². The summed E-state index contributed by atoms with van der Waals surface area (Å²) in [6.45, 7) is 0.387. The second kappa shape index (κ2) is 7.48. The Hall–Kier alpha value is -2.67. The topological polar surface area (TPSA) is 84.7 Å². The van der Waals surface area contributed by atoms with Gasteiger partial charge in [0.1, 0.15) is 0 Å². The molecule has 3 rings (SSSR count). The first-order valence-electron chi connectivity index (χ1n) is 8.19. The van der Waals surface area contributed by atoms with Gasteiger partial charge in [-0.05, 0) is 18.1 Å². The van der Waals surface area contributed by atoms with Gasteiger partial charge in [0, 0.05) is 32.1 Å². The molecule has 2 aromatic rings. The number of aliphatic carboxylic acids is 1. The van der Waals surface area contributed by atoms with Crippen molar-refractivity contribution in [1.82, 2.24) is 14.7 Å². The summed E-state index contributed by atoms with van der Waals surface area (Å²) in [4.78, 5) is 26.1. The molecule has 3 unspecified atom stereocenters. The zero-order valence-electron chi connectivity index (χ0n) is 14.0. The van der Waals surface area contributed by atoms with Gasteiger partial charge in [-0.1, -0.05) is 30.3 Å². The van der Waals surface area contributed by atoms with E-state index in [1.54, 1.807) is 35.2 Å². The molecule has 7 heteroatoms. The number of amides is 1. The number of hydrogen-bond acceptors (Lipinski definition) is 4. The maximum Gasteiger partial charge on any atom is 0.305 e. The summed E-state index contributed by atoms with van der Waals surface area (Å²) in [5.74, 6) is -1.09. The number of rotatable bonds is 6. The predicted octanol–water partition coefficient (Wildman–Crippen LogP) is 1.56. The van der Waals surface area contributed by atoms with Crippen LogP contribution in [0.5, 0.6) is 0 Å². The maximum atomic E-state index is 13.3. The molecule has 0 spiro atoms. The third-order valence-electron chi connectivity index (χ3n) is 4.54. The number of carboxylic acids is 1. The summed E-state index contributed by atoms with van der Waals surface area (Å²) in [5.41, 5.74) is 0.811. The van der Waals surface area contributed by atoms with Crippen molar-refractivity contribution in [2.45, 2.75) is 31.0 Å². The lowest BCUT2D eigenvalue weighted by atomic mass is 10.0. The third kappa shape index (κ3) is 3.71. The molecule has 0 saturated carbocycles. The molecule has 1 saturated heterocycles. The molecule has 3 atom stereocenters. The molecule has 1 amide bonds. The first kappa shape index (κ1) is 17.2. The van der Waals surface area contributed by atoms with Gasteiger partial charge in [-0.2, -0.15) is 5.10 Å². The molecule has 0 bridgehead atoms. The van der Waals surface area contributed by atoms with Crippen LogP contribution in [0.15, 0.2) is 48.8 Å². The highest BCUT2D eigenvalue weighted by atomic mass is 16.5. The Kier molecular flexibility index (Phi) is 5.14. The summed E-state index contributed by atoms with van der Waals surface area (Å²) >= 11 is 0. The highest BCUT2D eigenvalue weighted by Crippen LogP contribution is 2.28. The molecule has 1 aliphatic heterocycles. The maximum absolute atomic E-state index is 13.3. The van der Waals surface area contributed by atoms with Crippen LogP contribution in [0.4, 0.5) is 0 Å². The average molecular weight is 343 g/mol. The molecule has 1 aliphatic rings. The van der Waals surface area contributed by atoms with Crippen LogP contribution in [0, 0.1) is 0 Å². The minimum atomic E-state index is -0.921. The van der Waals surface area contributed by atoms with E-state index in [4.69, 9.17) is 4.74 Å². The van der Waals surface area contributed by atoms with Gasteiger partial charge in [0.05, 0.1) is 12.5 Å². The lowest BCUT2D eigenvalue weighted by Crippen LogP contribution is -2.42. The number of methoxy groups -OCH3 is 1. The largest absolute Gasteiger partial charge is 0.481 e. The predicted molar refractivity (Wildman–Crippen MR) is 90.0 cm³/mol. The van der Waals surface area contributed by atoms with Gasteiger partial charge in [0.25, 0.3) is 5.91 Å². The Morgan fingerprint density at radius 2 is 2.08 bits per heavy atom. The van der Waals surface area contributed by atoms with Crippen molar-refractivity contribution in [2.75, 3.05) is 13.7 Å². The Morgan fingerprint density at radius 1 is 1.32 bits per heavy atom. The Balaban J connectivity index is 1.92. The van der Waals surface area contributed by atoms with Gasteiger partial charge in [0.2, 0.25) is 0 Å². The summed E-state index contributed by atoms with van der Waals surface area (Å²) in [5, 5.41) is 13.4. The van der Waals surface area contributed by atoms with Gasteiger partial charge in [-0.15, -0.1) is 0 Å². The van der Waals surface area contributed by atoms with E-state index in [9.17, 15) is 14.7 Å². The molecule has 0 aliphatic carbocycles. The van der Waals surface area contributed by atoms with E-state index in [-0.39, 0.29) is 24.5 Å². The van der Waals surface area contributed by atoms with Crippen molar-refractivity contribution >= 4 is 11.9 Å². The second-order valence-electron chi connectivity index (χ2n) is 6.13. The van der Waals surface area contributed by atoms with Crippen LogP contribution >= 0.6 is 0 Å². The Morgan fingerprint density at radius 3 is 2.68 bits per heavy atom. The van der Waals surface area contributed by atoms with Crippen LogP contribution in [0.25, 0.3) is 0 Å². The molecule has 0 radical (unpaired) electrons. The standard InChI is InChI=1S/C18H21N3O4/c1-25-15-10-14(11-16(22)23)20(12-15)18(24)17(21-9-5-8-19-21)13-6-3-2-4-7-13/h2-9,14-15,17H,10-12H2,1H3,(H,22,23). The first-order chi connectivity index (χ1) is 12.1. The molecule has 1 aromatic carbocycles. The summed E-state index contributed by atoms with van der Waals surface area (Å²) in [6.07, 6.45) is 3.65. The zero-order chi connectivity index (χ0) is 17.8. The fourth-order valence-electron chi connectivity index (χ4n) is 3.34. The summed E-state index contributed by atoms with van der Waals surface area (Å²) < 4.78 is 6.98. The SMILES string of the molecule is COC1CC(CC(=O)O)N(C(=O)C(c2ccccc2)n2cccn2)C1. The van der Waals surface area contributed by atoms with Crippen LogP contribution in [0.3, 0.4) is 0 Å². The number of hydrogen-bond donors (Lipinski definition) is 1. The number of carboxylic acid groups (broad SMARTS) is 1. The summed E-state index contributed by atoms with van der Waals surface area (Å²) in [6, 6.07) is 10.1. The smallest absolute Gasteiger partial charge is 0.305 e. The van der Waals surface area contributed by atoms with Gasteiger partial charge in [-0.25, -0.2) is 0 Å². The van der Waals surface area contributed by atoms with Crippen molar-refractivity contribution < 1.29 is 19.4 Å². The van der Waals surface area contributed by atoms with Gasteiger partial charge >= 0.3 is 5.97 Å². The molecular formula is C18H21N3O4. The van der Waals surface area contributed by atoms with E-state index < -0.39 is 12.0 Å². The van der Waals surface area contributed by atoms with Gasteiger partial charge in [0.15, 0.2) is 6.04 Å². The number of likely N-dealkylation sites (tertiary alicyclic amines) is 1. The van der Waals surface area contributed by atoms with Crippen LogP contribution < -0.4 is 0 Å². The molecular weight excluding hydrogens is 322 g/mol. The van der Waals surface area contributed by atoms with E-state index >= 15 is 0 Å². The lowest BCUT2D eigenvalue weighted by Gasteiger charge is -2.28. The third-order valence-corrected chi connectivity index (χ3v) is 4.54. The number of benzene rings is 1. The van der Waals surface area contributed by atoms with E-state index in [0.29, 0.717) is 13.0 Å².